The minimum Gasteiger partial charge on any atom is -0.355 e. The average Bonchev–Trinajstić information content (AvgIpc) is 3.22. The molecule has 1 unspecified atom stereocenters. The van der Waals surface area contributed by atoms with Crippen molar-refractivity contribution in [1.82, 2.24) is 19.8 Å². The molecule has 0 aromatic carbocycles. The predicted octanol–water partition coefficient (Wildman–Crippen LogP) is 3.99. The molecule has 0 amide bonds. The number of anilines is 1. The van der Waals surface area contributed by atoms with Crippen LogP contribution >= 0.6 is 11.3 Å². The third-order valence-electron chi connectivity index (χ3n) is 7.17. The van der Waals surface area contributed by atoms with E-state index in [9.17, 15) is 13.2 Å². The molecule has 0 N–H and O–H groups in total. The highest BCUT2D eigenvalue weighted by Crippen LogP contribution is 2.47. The lowest BCUT2D eigenvalue weighted by atomic mass is 9.73. The largest absolute Gasteiger partial charge is 0.393 e. The van der Waals surface area contributed by atoms with Crippen molar-refractivity contribution in [1.29, 1.82) is 0 Å². The first-order valence-electron chi connectivity index (χ1n) is 11.1. The van der Waals surface area contributed by atoms with E-state index in [1.165, 1.54) is 6.33 Å². The summed E-state index contributed by atoms with van der Waals surface area (Å²) in [4.78, 5) is 16.0. The molecule has 5 heterocycles. The second-order valence-electron chi connectivity index (χ2n) is 10.4. The lowest BCUT2D eigenvalue weighted by Crippen LogP contribution is -2.73. The summed E-state index contributed by atoms with van der Waals surface area (Å²) in [6, 6.07) is 1.52. The van der Waals surface area contributed by atoms with Gasteiger partial charge in [0.1, 0.15) is 17.0 Å². The van der Waals surface area contributed by atoms with Crippen LogP contribution in [0.5, 0.6) is 0 Å². The number of hydrogen-bond acceptors (Lipinski definition) is 6. The van der Waals surface area contributed by atoms with Crippen LogP contribution in [0.1, 0.15) is 25.1 Å². The lowest BCUT2D eigenvalue weighted by Gasteiger charge is -2.59. The van der Waals surface area contributed by atoms with Gasteiger partial charge in [0.25, 0.3) is 0 Å². The van der Waals surface area contributed by atoms with Gasteiger partial charge in [0.15, 0.2) is 5.67 Å². The lowest BCUT2D eigenvalue weighted by molar-refractivity contribution is -0.140. The van der Waals surface area contributed by atoms with Crippen molar-refractivity contribution < 1.29 is 17.6 Å². The molecule has 0 bridgehead atoms. The SMILES string of the molecule is CC(C)C(N1CC2(CCN(c3ncnc4sc(CC(F)(F)F)cc34)C2)C1)C1(F)CN(C)C1. The third kappa shape index (κ3) is 3.88. The molecule has 176 valence electrons. The predicted molar refractivity (Wildman–Crippen MR) is 118 cm³/mol. The van der Waals surface area contributed by atoms with Gasteiger partial charge < -0.3 is 4.90 Å². The number of likely N-dealkylation sites (tertiary alicyclic amines) is 2. The van der Waals surface area contributed by atoms with E-state index in [0.29, 0.717) is 23.3 Å². The molecule has 0 aliphatic carbocycles. The van der Waals surface area contributed by atoms with Crippen LogP contribution in [0.25, 0.3) is 10.2 Å². The maximum Gasteiger partial charge on any atom is 0.393 e. The molecular weight excluding hydrogens is 442 g/mol. The normalized spacial score (nSPS) is 24.3. The Morgan fingerprint density at radius 3 is 2.47 bits per heavy atom. The molecule has 2 aromatic rings. The zero-order valence-corrected chi connectivity index (χ0v) is 19.4. The van der Waals surface area contributed by atoms with Crippen molar-refractivity contribution in [2.75, 3.05) is 51.2 Å². The molecule has 3 saturated heterocycles. The number of aromatic nitrogens is 2. The highest BCUT2D eigenvalue weighted by molar-refractivity contribution is 7.18. The zero-order chi connectivity index (χ0) is 22.9. The van der Waals surface area contributed by atoms with E-state index in [2.05, 4.69) is 33.6 Å². The number of fused-ring (bicyclic) bond motifs is 1. The van der Waals surface area contributed by atoms with Crippen LogP contribution < -0.4 is 4.90 Å². The van der Waals surface area contributed by atoms with Gasteiger partial charge in [-0.1, -0.05) is 13.8 Å². The maximum absolute atomic E-state index is 15.5. The summed E-state index contributed by atoms with van der Waals surface area (Å²) >= 11 is 1.08. The van der Waals surface area contributed by atoms with Crippen molar-refractivity contribution in [3.05, 3.63) is 17.3 Å². The zero-order valence-electron chi connectivity index (χ0n) is 18.6. The quantitative estimate of drug-likeness (QED) is 0.617. The average molecular weight is 472 g/mol. The van der Waals surface area contributed by atoms with E-state index in [0.717, 1.165) is 49.8 Å². The van der Waals surface area contributed by atoms with Crippen molar-refractivity contribution in [2.45, 2.75) is 44.6 Å². The second-order valence-corrected chi connectivity index (χ2v) is 11.5. The number of rotatable bonds is 5. The monoisotopic (exact) mass is 471 g/mol. The number of nitrogens with zero attached hydrogens (tertiary/aromatic N) is 5. The first-order valence-corrected chi connectivity index (χ1v) is 12.0. The molecule has 3 aliphatic heterocycles. The fourth-order valence-electron chi connectivity index (χ4n) is 6.20. The summed E-state index contributed by atoms with van der Waals surface area (Å²) in [6.45, 7) is 8.50. The van der Waals surface area contributed by atoms with Crippen LogP contribution in [0, 0.1) is 11.3 Å². The molecule has 1 atom stereocenters. The Bertz CT molecular complexity index is 994. The molecule has 0 saturated carbocycles. The Balaban J connectivity index is 1.30. The van der Waals surface area contributed by atoms with Gasteiger partial charge >= 0.3 is 6.18 Å². The standard InChI is InChI=1S/C22H29F4N5S/c1-14(2)17(21(23)11-29(3)12-21)31-9-20(10-31)4-5-30(8-20)18-16-6-15(7-22(24,25)26)32-19(16)28-13-27-18/h6,13-14,17H,4-5,7-12H2,1-3H3. The first kappa shape index (κ1) is 22.3. The van der Waals surface area contributed by atoms with E-state index in [1.807, 2.05) is 11.9 Å². The van der Waals surface area contributed by atoms with E-state index in [1.54, 1.807) is 6.07 Å². The fraction of sp³-hybridized carbons (Fsp3) is 0.727. The van der Waals surface area contributed by atoms with Crippen LogP contribution in [-0.2, 0) is 6.42 Å². The van der Waals surface area contributed by atoms with Crippen molar-refractivity contribution in [3.8, 4) is 0 Å². The molecular formula is C22H29F4N5S. The minimum atomic E-state index is -4.24. The first-order chi connectivity index (χ1) is 15.0. The minimum absolute atomic E-state index is 0.0778. The van der Waals surface area contributed by atoms with Crippen LogP contribution in [0.4, 0.5) is 23.4 Å². The van der Waals surface area contributed by atoms with E-state index >= 15 is 4.39 Å². The van der Waals surface area contributed by atoms with Crippen molar-refractivity contribution >= 4 is 27.4 Å². The van der Waals surface area contributed by atoms with E-state index in [-0.39, 0.29) is 22.3 Å². The smallest absolute Gasteiger partial charge is 0.355 e. The highest BCUT2D eigenvalue weighted by Gasteiger charge is 2.58. The number of hydrogen-bond donors (Lipinski definition) is 0. The summed E-state index contributed by atoms with van der Waals surface area (Å²) in [5.41, 5.74) is -1.05. The van der Waals surface area contributed by atoms with Gasteiger partial charge in [-0.3, -0.25) is 9.80 Å². The van der Waals surface area contributed by atoms with Crippen LogP contribution in [0.3, 0.4) is 0 Å². The van der Waals surface area contributed by atoms with Gasteiger partial charge in [0.2, 0.25) is 0 Å². The Morgan fingerprint density at radius 2 is 1.84 bits per heavy atom. The van der Waals surface area contributed by atoms with Gasteiger partial charge in [0, 0.05) is 55.6 Å². The molecule has 3 aliphatic rings. The van der Waals surface area contributed by atoms with Gasteiger partial charge in [0.05, 0.1) is 11.8 Å². The molecule has 1 spiro atoms. The maximum atomic E-state index is 15.5. The van der Waals surface area contributed by atoms with E-state index in [4.69, 9.17) is 0 Å². The molecule has 2 aromatic heterocycles. The van der Waals surface area contributed by atoms with Crippen molar-refractivity contribution in [2.24, 2.45) is 11.3 Å². The highest BCUT2D eigenvalue weighted by atomic mass is 32.1. The third-order valence-corrected chi connectivity index (χ3v) is 8.21. The number of alkyl halides is 4. The van der Waals surface area contributed by atoms with Crippen LogP contribution in [0.15, 0.2) is 12.4 Å². The molecule has 0 radical (unpaired) electrons. The molecule has 10 heteroatoms. The van der Waals surface area contributed by atoms with Crippen LogP contribution in [0.2, 0.25) is 0 Å². The summed E-state index contributed by atoms with van der Waals surface area (Å²) in [6.07, 6.45) is -2.75. The summed E-state index contributed by atoms with van der Waals surface area (Å²) in [5, 5.41) is 0.699. The van der Waals surface area contributed by atoms with Gasteiger partial charge in [-0.2, -0.15) is 13.2 Å². The van der Waals surface area contributed by atoms with Crippen LogP contribution in [-0.4, -0.2) is 84.0 Å². The van der Waals surface area contributed by atoms with E-state index < -0.39 is 18.3 Å². The fourth-order valence-corrected chi connectivity index (χ4v) is 7.22. The Hall–Kier alpha value is -1.52. The molecule has 5 nitrogen and oxygen atoms in total. The number of thiophene rings is 1. The second kappa shape index (κ2) is 7.50. The Kier molecular flexibility index (Phi) is 5.22. The molecule has 32 heavy (non-hydrogen) atoms. The van der Waals surface area contributed by atoms with Gasteiger partial charge in [-0.05, 0) is 25.5 Å². The Morgan fingerprint density at radius 1 is 1.12 bits per heavy atom. The summed E-state index contributed by atoms with van der Waals surface area (Å²) in [5.74, 6) is 0.959. The number of halogens is 4. The molecule has 5 rings (SSSR count). The Labute approximate surface area is 189 Å². The van der Waals surface area contributed by atoms with Crippen molar-refractivity contribution in [3.63, 3.8) is 0 Å². The topological polar surface area (TPSA) is 35.5 Å². The van der Waals surface area contributed by atoms with Gasteiger partial charge in [-0.15, -0.1) is 11.3 Å². The summed E-state index contributed by atoms with van der Waals surface area (Å²) in [7, 11) is 1.95. The summed E-state index contributed by atoms with van der Waals surface area (Å²) < 4.78 is 54.0. The molecule has 3 fully saturated rings. The van der Waals surface area contributed by atoms with Gasteiger partial charge in [-0.25, -0.2) is 14.4 Å².